The van der Waals surface area contributed by atoms with Crippen LogP contribution in [-0.2, 0) is 20.9 Å². The fraction of sp³-hybridized carbons (Fsp3) is 0.556. The molecule has 0 bridgehead atoms. The van der Waals surface area contributed by atoms with Gasteiger partial charge in [-0.15, -0.1) is 0 Å². The van der Waals surface area contributed by atoms with E-state index in [1.807, 2.05) is 11.9 Å². The fourth-order valence-electron chi connectivity index (χ4n) is 2.68. The first-order valence-electron chi connectivity index (χ1n) is 9.12. The predicted octanol–water partition coefficient (Wildman–Crippen LogP) is 1.49. The van der Waals surface area contributed by atoms with Gasteiger partial charge in [-0.3, -0.25) is 5.32 Å². The molecule has 0 aromatic heterocycles. The van der Waals surface area contributed by atoms with E-state index < -0.39 is 23.9 Å². The minimum atomic E-state index is -5.19. The highest BCUT2D eigenvalue weighted by atomic mass is 19.4. The van der Waals surface area contributed by atoms with Gasteiger partial charge in [-0.2, -0.15) is 13.2 Å². The van der Waals surface area contributed by atoms with Gasteiger partial charge in [0.25, 0.3) is 0 Å². The Balaban J connectivity index is 2.19. The van der Waals surface area contributed by atoms with Gasteiger partial charge in [0.05, 0.1) is 6.61 Å². The largest absolute Gasteiger partial charge is 0.463 e. The van der Waals surface area contributed by atoms with Crippen LogP contribution in [0.1, 0.15) is 12.5 Å². The molecule has 2 N–H and O–H groups in total. The lowest BCUT2D eigenvalue weighted by atomic mass is 10.1. The van der Waals surface area contributed by atoms with E-state index >= 15 is 0 Å². The number of hydrazine groups is 1. The Morgan fingerprint density at radius 2 is 1.69 bits per heavy atom. The van der Waals surface area contributed by atoms with Crippen LogP contribution in [0.5, 0.6) is 0 Å². The van der Waals surface area contributed by atoms with Crippen LogP contribution in [0.25, 0.3) is 0 Å². The zero-order valence-corrected chi connectivity index (χ0v) is 16.3. The summed E-state index contributed by atoms with van der Waals surface area (Å²) in [6.45, 7) is 2.25. The maximum atomic E-state index is 14.0. The molecule has 1 aliphatic heterocycles. The zero-order valence-electron chi connectivity index (χ0n) is 16.3. The van der Waals surface area contributed by atoms with Crippen LogP contribution in [0.2, 0.25) is 0 Å². The van der Waals surface area contributed by atoms with Crippen LogP contribution in [0.3, 0.4) is 0 Å². The van der Waals surface area contributed by atoms with E-state index in [-0.39, 0.29) is 26.3 Å². The molecule has 1 saturated heterocycles. The molecule has 0 radical (unpaired) electrons. The van der Waals surface area contributed by atoms with Crippen LogP contribution in [0.15, 0.2) is 30.3 Å². The number of ether oxygens (including phenoxy) is 2. The van der Waals surface area contributed by atoms with Crippen molar-refractivity contribution < 1.29 is 32.2 Å². The topological polar surface area (TPSA) is 83.1 Å². The Bertz CT molecular complexity index is 681. The van der Waals surface area contributed by atoms with Crippen LogP contribution in [0, 0.1) is 0 Å². The molecule has 1 aliphatic rings. The van der Waals surface area contributed by atoms with Crippen molar-refractivity contribution >= 4 is 12.1 Å². The Morgan fingerprint density at radius 3 is 2.24 bits per heavy atom. The summed E-state index contributed by atoms with van der Waals surface area (Å²) in [5.74, 6) is -1.66. The summed E-state index contributed by atoms with van der Waals surface area (Å²) in [7, 11) is 1.83. The number of halogens is 3. The van der Waals surface area contributed by atoms with Crippen LogP contribution >= 0.6 is 0 Å². The predicted molar refractivity (Wildman–Crippen MR) is 97.4 cm³/mol. The van der Waals surface area contributed by atoms with Crippen LogP contribution in [-0.4, -0.2) is 73.6 Å². The van der Waals surface area contributed by atoms with Crippen molar-refractivity contribution in [1.29, 1.82) is 0 Å². The molecule has 2 rings (SSSR count). The summed E-state index contributed by atoms with van der Waals surface area (Å²) < 4.78 is 51.6. The fourth-order valence-corrected chi connectivity index (χ4v) is 2.68. The van der Waals surface area contributed by atoms with Crippen molar-refractivity contribution in [3.05, 3.63) is 35.9 Å². The standard InChI is InChI=1S/C18H25F3N4O4/c1-3-28-15(26)17(18(19,20)21,23-25-11-9-24(2)10-12-25)22-16(27)29-13-14-7-5-4-6-8-14/h4-8,23H,3,9-13H2,1-2H3,(H,22,27)/t17-/m1/s1. The highest BCUT2D eigenvalue weighted by Crippen LogP contribution is 2.30. The van der Waals surface area contributed by atoms with Gasteiger partial charge < -0.3 is 14.4 Å². The first-order valence-corrected chi connectivity index (χ1v) is 9.12. The van der Waals surface area contributed by atoms with E-state index in [0.717, 1.165) is 0 Å². The van der Waals surface area contributed by atoms with Crippen molar-refractivity contribution in [2.24, 2.45) is 0 Å². The summed E-state index contributed by atoms with van der Waals surface area (Å²) in [5.41, 5.74) is -0.740. The first kappa shape index (κ1) is 22.9. The summed E-state index contributed by atoms with van der Waals surface area (Å²) in [6, 6.07) is 8.45. The Kier molecular flexibility index (Phi) is 7.82. The summed E-state index contributed by atoms with van der Waals surface area (Å²) in [5, 5.41) is 2.89. The Hall–Kier alpha value is -2.37. The minimum Gasteiger partial charge on any atom is -0.463 e. The molecular weight excluding hydrogens is 393 g/mol. The number of carbonyl (C=O) groups excluding carboxylic acids is 2. The quantitative estimate of drug-likeness (QED) is 0.513. The number of rotatable bonds is 7. The lowest BCUT2D eigenvalue weighted by Crippen LogP contribution is -2.76. The van der Waals surface area contributed by atoms with Crippen LogP contribution in [0.4, 0.5) is 18.0 Å². The number of esters is 1. The molecule has 0 aliphatic carbocycles. The average Bonchev–Trinajstić information content (AvgIpc) is 2.67. The van der Waals surface area contributed by atoms with Gasteiger partial charge in [0.15, 0.2) is 0 Å². The third-order valence-electron chi connectivity index (χ3n) is 4.34. The molecule has 0 spiro atoms. The highest BCUT2D eigenvalue weighted by Gasteiger charge is 2.64. The normalized spacial score (nSPS) is 18.0. The molecule has 11 heteroatoms. The Labute approximate surface area is 166 Å². The second-order valence-electron chi connectivity index (χ2n) is 6.56. The highest BCUT2D eigenvalue weighted by molar-refractivity contribution is 5.86. The molecule has 1 amide bonds. The lowest BCUT2D eigenvalue weighted by molar-refractivity contribution is -0.231. The van der Waals surface area contributed by atoms with Gasteiger partial charge in [0.2, 0.25) is 0 Å². The number of nitrogens with zero attached hydrogens (tertiary/aromatic N) is 2. The number of amides is 1. The number of benzene rings is 1. The number of hydrogen-bond donors (Lipinski definition) is 2. The number of likely N-dealkylation sites (N-methyl/N-ethyl adjacent to an activating group) is 1. The van der Waals surface area contributed by atoms with Crippen molar-refractivity contribution in [2.75, 3.05) is 39.8 Å². The van der Waals surface area contributed by atoms with Crippen molar-refractivity contribution in [2.45, 2.75) is 25.4 Å². The monoisotopic (exact) mass is 418 g/mol. The number of nitrogens with one attached hydrogen (secondary N) is 2. The Morgan fingerprint density at radius 1 is 1.07 bits per heavy atom. The molecule has 0 saturated carbocycles. The van der Waals surface area contributed by atoms with Gasteiger partial charge in [0.1, 0.15) is 6.61 Å². The molecule has 162 valence electrons. The first-order chi connectivity index (χ1) is 13.7. The van der Waals surface area contributed by atoms with Gasteiger partial charge >= 0.3 is 23.9 Å². The molecule has 1 atom stereocenters. The van der Waals surface area contributed by atoms with E-state index in [9.17, 15) is 22.8 Å². The smallest absolute Gasteiger partial charge is 0.437 e. The summed E-state index contributed by atoms with van der Waals surface area (Å²) >= 11 is 0. The zero-order chi connectivity index (χ0) is 21.5. The summed E-state index contributed by atoms with van der Waals surface area (Å²) in [6.07, 6.45) is -6.59. The lowest BCUT2D eigenvalue weighted by Gasteiger charge is -2.41. The molecule has 29 heavy (non-hydrogen) atoms. The van der Waals surface area contributed by atoms with E-state index in [4.69, 9.17) is 4.74 Å². The van der Waals surface area contributed by atoms with Gasteiger partial charge in [-0.1, -0.05) is 30.3 Å². The van der Waals surface area contributed by atoms with Crippen molar-refractivity contribution in [1.82, 2.24) is 20.7 Å². The maximum Gasteiger partial charge on any atom is 0.437 e. The average molecular weight is 418 g/mol. The van der Waals surface area contributed by atoms with E-state index in [0.29, 0.717) is 18.7 Å². The molecule has 1 fully saturated rings. The molecule has 8 nitrogen and oxygen atoms in total. The SMILES string of the molecule is CCOC(=O)[C@@](NC(=O)OCc1ccccc1)(NN1CCN(C)CC1)C(F)(F)F. The minimum absolute atomic E-state index is 0.217. The van der Waals surface area contributed by atoms with E-state index in [2.05, 4.69) is 10.2 Å². The third kappa shape index (κ3) is 6.05. The number of piperazine rings is 1. The van der Waals surface area contributed by atoms with Crippen molar-refractivity contribution in [3.8, 4) is 0 Å². The molecule has 0 unspecified atom stereocenters. The summed E-state index contributed by atoms with van der Waals surface area (Å²) in [4.78, 5) is 26.5. The van der Waals surface area contributed by atoms with Crippen LogP contribution < -0.4 is 10.7 Å². The second kappa shape index (κ2) is 9.90. The maximum absolute atomic E-state index is 14.0. The van der Waals surface area contributed by atoms with Gasteiger partial charge in [-0.05, 0) is 19.5 Å². The molecule has 1 aromatic rings. The number of hydrogen-bond acceptors (Lipinski definition) is 7. The molecule has 1 heterocycles. The second-order valence-corrected chi connectivity index (χ2v) is 6.56. The number of alkyl carbamates (subject to hydrolysis) is 1. The van der Waals surface area contributed by atoms with Gasteiger partial charge in [-0.25, -0.2) is 20.0 Å². The third-order valence-corrected chi connectivity index (χ3v) is 4.34. The number of alkyl halides is 3. The molecular formula is C18H25F3N4O4. The van der Waals surface area contributed by atoms with E-state index in [1.165, 1.54) is 11.9 Å². The molecule has 1 aromatic carbocycles. The van der Waals surface area contributed by atoms with Gasteiger partial charge in [0, 0.05) is 26.2 Å². The number of carbonyl (C=O) groups is 2. The van der Waals surface area contributed by atoms with Crippen molar-refractivity contribution in [3.63, 3.8) is 0 Å². The van der Waals surface area contributed by atoms with E-state index in [1.54, 1.807) is 35.6 Å².